The van der Waals surface area contributed by atoms with E-state index in [1.54, 1.807) is 6.07 Å². The first-order valence-corrected chi connectivity index (χ1v) is 7.53. The first-order valence-electron chi connectivity index (χ1n) is 6.04. The molecule has 108 valence electrons. The molecule has 0 bridgehead atoms. The maximum absolute atomic E-state index is 13.3. The molecule has 0 fully saturated rings. The standard InChI is InChI=1S/C12H15FN4O2S/c1-2-3-8-6-12(16-15-8)17-20(18,19)9-4-5-11(14)10(13)7-9/h4-7H,2-3,14H2,1H3,(H2,15,16,17). The molecule has 0 atom stereocenters. The Labute approximate surface area is 116 Å². The molecule has 6 nitrogen and oxygen atoms in total. The molecule has 1 aromatic heterocycles. The summed E-state index contributed by atoms with van der Waals surface area (Å²) in [4.78, 5) is -0.204. The normalized spacial score (nSPS) is 11.5. The largest absolute Gasteiger partial charge is 0.396 e. The highest BCUT2D eigenvalue weighted by Gasteiger charge is 2.17. The van der Waals surface area contributed by atoms with E-state index in [-0.39, 0.29) is 16.4 Å². The van der Waals surface area contributed by atoms with Crippen molar-refractivity contribution in [3.05, 3.63) is 35.8 Å². The zero-order chi connectivity index (χ0) is 14.8. The number of halogens is 1. The molecule has 0 spiro atoms. The van der Waals surface area contributed by atoms with E-state index in [1.165, 1.54) is 12.1 Å². The topological polar surface area (TPSA) is 101 Å². The van der Waals surface area contributed by atoms with E-state index in [4.69, 9.17) is 5.73 Å². The Morgan fingerprint density at radius 3 is 2.80 bits per heavy atom. The van der Waals surface area contributed by atoms with Gasteiger partial charge in [-0.15, -0.1) is 0 Å². The van der Waals surface area contributed by atoms with Crippen molar-refractivity contribution in [2.24, 2.45) is 0 Å². The third kappa shape index (κ3) is 3.08. The molecule has 1 aromatic carbocycles. The molecule has 1 heterocycles. The van der Waals surface area contributed by atoms with Crippen molar-refractivity contribution in [1.82, 2.24) is 10.2 Å². The van der Waals surface area contributed by atoms with Crippen LogP contribution in [0.4, 0.5) is 15.9 Å². The smallest absolute Gasteiger partial charge is 0.263 e. The highest BCUT2D eigenvalue weighted by atomic mass is 32.2. The first kappa shape index (κ1) is 14.3. The molecule has 8 heteroatoms. The van der Waals surface area contributed by atoms with Crippen molar-refractivity contribution >= 4 is 21.5 Å². The van der Waals surface area contributed by atoms with Crippen molar-refractivity contribution in [3.8, 4) is 0 Å². The van der Waals surface area contributed by atoms with E-state index in [0.717, 1.165) is 24.6 Å². The Balaban J connectivity index is 2.23. The van der Waals surface area contributed by atoms with Crippen molar-refractivity contribution in [1.29, 1.82) is 0 Å². The van der Waals surface area contributed by atoms with Crippen molar-refractivity contribution in [2.45, 2.75) is 24.7 Å². The molecule has 20 heavy (non-hydrogen) atoms. The third-order valence-corrected chi connectivity index (χ3v) is 4.02. The van der Waals surface area contributed by atoms with Gasteiger partial charge in [0.05, 0.1) is 10.6 Å². The molecule has 0 aliphatic rings. The fourth-order valence-electron chi connectivity index (χ4n) is 1.68. The minimum atomic E-state index is -3.88. The van der Waals surface area contributed by atoms with Crippen molar-refractivity contribution < 1.29 is 12.8 Å². The van der Waals surface area contributed by atoms with E-state index < -0.39 is 15.8 Å². The van der Waals surface area contributed by atoms with Gasteiger partial charge in [-0.1, -0.05) is 13.3 Å². The van der Waals surface area contributed by atoms with Gasteiger partial charge in [0, 0.05) is 11.8 Å². The molecular weight excluding hydrogens is 283 g/mol. The van der Waals surface area contributed by atoms with Crippen molar-refractivity contribution in [2.75, 3.05) is 10.5 Å². The number of nitrogen functional groups attached to an aromatic ring is 1. The number of nitrogens with zero attached hydrogens (tertiary/aromatic N) is 1. The second-order valence-electron chi connectivity index (χ2n) is 4.32. The van der Waals surface area contributed by atoms with Crippen LogP contribution in [0.3, 0.4) is 0 Å². The van der Waals surface area contributed by atoms with Crippen LogP contribution >= 0.6 is 0 Å². The second kappa shape index (κ2) is 5.49. The van der Waals surface area contributed by atoms with Crippen molar-refractivity contribution in [3.63, 3.8) is 0 Å². The highest BCUT2D eigenvalue weighted by Crippen LogP contribution is 2.19. The Morgan fingerprint density at radius 1 is 1.40 bits per heavy atom. The molecule has 0 aliphatic carbocycles. The van der Waals surface area contributed by atoms with Crippen LogP contribution in [0, 0.1) is 5.82 Å². The maximum Gasteiger partial charge on any atom is 0.263 e. The monoisotopic (exact) mass is 298 g/mol. The Kier molecular flexibility index (Phi) is 3.93. The van der Waals surface area contributed by atoms with Gasteiger partial charge in [-0.2, -0.15) is 5.10 Å². The maximum atomic E-state index is 13.3. The number of hydrogen-bond donors (Lipinski definition) is 3. The summed E-state index contributed by atoms with van der Waals surface area (Å²) >= 11 is 0. The summed E-state index contributed by atoms with van der Waals surface area (Å²) in [6.45, 7) is 2.00. The van der Waals surface area contributed by atoms with E-state index in [0.29, 0.717) is 0 Å². The third-order valence-electron chi connectivity index (χ3n) is 2.67. The summed E-state index contributed by atoms with van der Waals surface area (Å²) in [6.07, 6.45) is 1.68. The number of benzene rings is 1. The zero-order valence-electron chi connectivity index (χ0n) is 10.9. The van der Waals surface area contributed by atoms with Gasteiger partial charge in [0.1, 0.15) is 5.82 Å². The number of nitrogens with two attached hydrogens (primary N) is 1. The number of nitrogens with one attached hydrogen (secondary N) is 2. The summed E-state index contributed by atoms with van der Waals surface area (Å²) in [5.74, 6) is -0.604. The van der Waals surface area contributed by atoms with Crippen LogP contribution in [0.2, 0.25) is 0 Å². The van der Waals surface area contributed by atoms with Crippen LogP contribution in [0.5, 0.6) is 0 Å². The van der Waals surface area contributed by atoms with E-state index in [1.807, 2.05) is 6.92 Å². The average Bonchev–Trinajstić information content (AvgIpc) is 2.79. The van der Waals surface area contributed by atoms with Gasteiger partial charge in [0.2, 0.25) is 0 Å². The quantitative estimate of drug-likeness (QED) is 0.734. The molecule has 2 aromatic rings. The Morgan fingerprint density at radius 2 is 2.15 bits per heavy atom. The van der Waals surface area contributed by atoms with Gasteiger partial charge < -0.3 is 5.73 Å². The van der Waals surface area contributed by atoms with E-state index in [2.05, 4.69) is 14.9 Å². The van der Waals surface area contributed by atoms with Crippen LogP contribution in [0.1, 0.15) is 19.0 Å². The summed E-state index contributed by atoms with van der Waals surface area (Å²) in [5.41, 5.74) is 6.04. The lowest BCUT2D eigenvalue weighted by Gasteiger charge is -2.06. The predicted octanol–water partition coefficient (Wildman–Crippen LogP) is 1.88. The number of aromatic amines is 1. The van der Waals surface area contributed by atoms with Gasteiger partial charge in [-0.25, -0.2) is 12.8 Å². The van der Waals surface area contributed by atoms with E-state index >= 15 is 0 Å². The SMILES string of the molecule is CCCc1cc(NS(=O)(=O)c2ccc(N)c(F)c2)n[nH]1. The first-order chi connectivity index (χ1) is 9.42. The van der Waals surface area contributed by atoms with Gasteiger partial charge >= 0.3 is 0 Å². The number of H-pyrrole nitrogens is 1. The van der Waals surface area contributed by atoms with Crippen LogP contribution in [0.25, 0.3) is 0 Å². The molecule has 0 saturated heterocycles. The molecule has 2 rings (SSSR count). The summed E-state index contributed by atoms with van der Waals surface area (Å²) in [5, 5.41) is 6.58. The molecule has 0 aliphatic heterocycles. The minimum absolute atomic E-state index is 0.103. The molecule has 4 N–H and O–H groups in total. The van der Waals surface area contributed by atoms with Crippen LogP contribution in [0.15, 0.2) is 29.2 Å². The average molecular weight is 298 g/mol. The summed E-state index contributed by atoms with van der Waals surface area (Å²) < 4.78 is 39.7. The lowest BCUT2D eigenvalue weighted by atomic mass is 10.2. The minimum Gasteiger partial charge on any atom is -0.396 e. The summed E-state index contributed by atoms with van der Waals surface area (Å²) in [7, 11) is -3.88. The van der Waals surface area contributed by atoms with Crippen LogP contribution < -0.4 is 10.5 Å². The number of aromatic nitrogens is 2. The van der Waals surface area contributed by atoms with Gasteiger partial charge in [0.15, 0.2) is 5.82 Å². The number of anilines is 2. The van der Waals surface area contributed by atoms with Crippen LogP contribution in [-0.4, -0.2) is 18.6 Å². The number of rotatable bonds is 5. The number of sulfonamides is 1. The fraction of sp³-hybridized carbons (Fsp3) is 0.250. The molecule has 0 amide bonds. The van der Waals surface area contributed by atoms with E-state index in [9.17, 15) is 12.8 Å². The molecule has 0 unspecified atom stereocenters. The molecular formula is C12H15FN4O2S. The van der Waals surface area contributed by atoms with Gasteiger partial charge in [-0.05, 0) is 24.6 Å². The second-order valence-corrected chi connectivity index (χ2v) is 6.00. The Bertz CT molecular complexity index is 712. The lowest BCUT2D eigenvalue weighted by molar-refractivity contribution is 0.596. The molecule has 0 saturated carbocycles. The van der Waals surface area contributed by atoms with Gasteiger partial charge in [0.25, 0.3) is 10.0 Å². The zero-order valence-corrected chi connectivity index (χ0v) is 11.7. The van der Waals surface area contributed by atoms with Gasteiger partial charge in [-0.3, -0.25) is 9.82 Å². The van der Waals surface area contributed by atoms with Crippen LogP contribution in [-0.2, 0) is 16.4 Å². The fourth-order valence-corrected chi connectivity index (χ4v) is 2.69. The lowest BCUT2D eigenvalue weighted by Crippen LogP contribution is -2.13. The number of hydrogen-bond acceptors (Lipinski definition) is 4. The molecule has 0 radical (unpaired) electrons. The number of aryl methyl sites for hydroxylation is 1. The summed E-state index contributed by atoms with van der Waals surface area (Å²) in [6, 6.07) is 4.92. The highest BCUT2D eigenvalue weighted by molar-refractivity contribution is 7.92. The predicted molar refractivity (Wildman–Crippen MR) is 74.2 cm³/mol. The Hall–Kier alpha value is -2.09.